The van der Waals surface area contributed by atoms with Gasteiger partial charge in [-0.15, -0.1) is 0 Å². The zero-order chi connectivity index (χ0) is 21.0. The van der Waals surface area contributed by atoms with Crippen molar-refractivity contribution in [3.8, 4) is 0 Å². The first-order chi connectivity index (χ1) is 13.9. The number of hydrogen-bond acceptors (Lipinski definition) is 4. The molecule has 7 nitrogen and oxygen atoms in total. The lowest BCUT2D eigenvalue weighted by Crippen LogP contribution is -2.30. The summed E-state index contributed by atoms with van der Waals surface area (Å²) in [6.07, 6.45) is 5.02. The summed E-state index contributed by atoms with van der Waals surface area (Å²) in [7, 11) is -3.45. The smallest absolute Gasteiger partial charge is 0.243 e. The number of aryl methyl sites for hydroxylation is 1. The van der Waals surface area contributed by atoms with Crippen LogP contribution in [0.1, 0.15) is 51.6 Å². The molecule has 1 aliphatic rings. The first-order valence-corrected chi connectivity index (χ1v) is 11.7. The van der Waals surface area contributed by atoms with Crippen molar-refractivity contribution < 1.29 is 13.2 Å². The summed E-state index contributed by atoms with van der Waals surface area (Å²) in [6.45, 7) is 6.66. The number of sulfonamides is 1. The summed E-state index contributed by atoms with van der Waals surface area (Å²) < 4.78 is 28.4. The van der Waals surface area contributed by atoms with E-state index in [0.29, 0.717) is 37.9 Å². The molecule has 1 fully saturated rings. The molecule has 0 bridgehead atoms. The van der Waals surface area contributed by atoms with Gasteiger partial charge in [0.1, 0.15) is 5.82 Å². The predicted octanol–water partition coefficient (Wildman–Crippen LogP) is 3.46. The lowest BCUT2D eigenvalue weighted by molar-refractivity contribution is -0.116. The van der Waals surface area contributed by atoms with Crippen LogP contribution >= 0.6 is 0 Å². The second-order valence-electron chi connectivity index (χ2n) is 7.52. The fourth-order valence-corrected chi connectivity index (χ4v) is 4.98. The number of anilines is 1. The average Bonchev–Trinajstić information content (AvgIpc) is 3.46. The normalized spacial score (nSPS) is 15.4. The third-order valence-electron chi connectivity index (χ3n) is 5.54. The monoisotopic (exact) mass is 418 g/mol. The lowest BCUT2D eigenvalue weighted by atomic mass is 10.1. The van der Waals surface area contributed by atoms with Crippen LogP contribution in [0, 0.1) is 5.92 Å². The number of amides is 1. The molecule has 1 aromatic heterocycles. The average molecular weight is 419 g/mol. The van der Waals surface area contributed by atoms with Crippen LogP contribution in [0.3, 0.4) is 0 Å². The first kappa shape index (κ1) is 21.5. The number of carbonyl (C=O) groups is 1. The van der Waals surface area contributed by atoms with Gasteiger partial charge in [0.15, 0.2) is 0 Å². The van der Waals surface area contributed by atoms with Crippen LogP contribution in [0.2, 0.25) is 0 Å². The van der Waals surface area contributed by atoms with Crippen LogP contribution in [0.15, 0.2) is 41.4 Å². The highest BCUT2D eigenvalue weighted by molar-refractivity contribution is 7.89. The molecule has 2 aromatic rings. The second kappa shape index (κ2) is 9.09. The molecular formula is C21H30N4O3S. The van der Waals surface area contributed by atoms with Crippen molar-refractivity contribution in [2.45, 2.75) is 57.4 Å². The van der Waals surface area contributed by atoms with E-state index in [1.54, 1.807) is 30.5 Å². The fraction of sp³-hybridized carbons (Fsp3) is 0.524. The van der Waals surface area contributed by atoms with E-state index >= 15 is 0 Å². The van der Waals surface area contributed by atoms with Crippen LogP contribution in [-0.2, 0) is 21.2 Å². The van der Waals surface area contributed by atoms with Crippen LogP contribution in [0.5, 0.6) is 0 Å². The van der Waals surface area contributed by atoms with Gasteiger partial charge in [-0.05, 0) is 49.8 Å². The van der Waals surface area contributed by atoms with Gasteiger partial charge in [0.2, 0.25) is 15.9 Å². The molecule has 1 amide bonds. The minimum Gasteiger partial charge on any atom is -0.311 e. The largest absolute Gasteiger partial charge is 0.311 e. The zero-order valence-electron chi connectivity index (χ0n) is 17.3. The molecule has 1 aromatic carbocycles. The molecule has 0 spiro atoms. The van der Waals surface area contributed by atoms with E-state index in [0.717, 1.165) is 11.4 Å². The lowest BCUT2D eigenvalue weighted by Gasteiger charge is -2.18. The fourth-order valence-electron chi connectivity index (χ4n) is 3.52. The predicted molar refractivity (Wildman–Crippen MR) is 113 cm³/mol. The van der Waals surface area contributed by atoms with E-state index in [1.807, 2.05) is 24.6 Å². The third kappa shape index (κ3) is 5.05. The van der Waals surface area contributed by atoms with Crippen molar-refractivity contribution in [3.05, 3.63) is 42.1 Å². The van der Waals surface area contributed by atoms with Gasteiger partial charge in [0.05, 0.1) is 17.1 Å². The number of hydrogen-bond donors (Lipinski definition) is 1. The number of aromatic nitrogens is 2. The highest BCUT2D eigenvalue weighted by Gasteiger charge is 2.30. The second-order valence-corrected chi connectivity index (χ2v) is 9.46. The van der Waals surface area contributed by atoms with E-state index in [9.17, 15) is 13.2 Å². The van der Waals surface area contributed by atoms with Crippen LogP contribution in [0.4, 0.5) is 5.82 Å². The van der Waals surface area contributed by atoms with Gasteiger partial charge in [-0.3, -0.25) is 4.79 Å². The van der Waals surface area contributed by atoms with Crippen molar-refractivity contribution >= 4 is 21.7 Å². The molecular weight excluding hydrogens is 388 g/mol. The maximum atomic E-state index is 12.5. The molecule has 1 unspecified atom stereocenters. The molecule has 0 saturated heterocycles. The number of nitrogens with zero attached hydrogens (tertiary/aromatic N) is 3. The van der Waals surface area contributed by atoms with Gasteiger partial charge in [-0.25, -0.2) is 13.1 Å². The summed E-state index contributed by atoms with van der Waals surface area (Å²) in [5.74, 6) is 1.31. The van der Waals surface area contributed by atoms with Crippen LogP contribution in [-0.4, -0.2) is 41.5 Å². The van der Waals surface area contributed by atoms with Crippen LogP contribution < -0.4 is 5.32 Å². The molecule has 1 N–H and O–H groups in total. The van der Waals surface area contributed by atoms with Gasteiger partial charge < -0.3 is 5.32 Å². The number of rotatable bonds is 10. The Hall–Kier alpha value is -2.19. The summed E-state index contributed by atoms with van der Waals surface area (Å²) in [4.78, 5) is 12.7. The maximum absolute atomic E-state index is 12.5. The SMILES string of the molecule is CCN(CC)S(=O)(=O)c1ccc(CCC(=O)Nc2ccnn2C(C)C2CC2)cc1. The Bertz CT molecular complexity index is 929. The molecule has 1 heterocycles. The quantitative estimate of drug-likeness (QED) is 0.640. The third-order valence-corrected chi connectivity index (χ3v) is 7.60. The van der Waals surface area contributed by atoms with Gasteiger partial charge >= 0.3 is 0 Å². The topological polar surface area (TPSA) is 84.3 Å². The van der Waals surface area contributed by atoms with E-state index in [2.05, 4.69) is 17.3 Å². The maximum Gasteiger partial charge on any atom is 0.243 e. The highest BCUT2D eigenvalue weighted by Crippen LogP contribution is 2.40. The Balaban J connectivity index is 1.57. The van der Waals surface area contributed by atoms with E-state index in [-0.39, 0.29) is 10.8 Å². The number of carbonyl (C=O) groups excluding carboxylic acids is 1. The Labute approximate surface area is 173 Å². The Morgan fingerprint density at radius 2 is 1.86 bits per heavy atom. The van der Waals surface area contributed by atoms with Gasteiger partial charge in [0, 0.05) is 25.6 Å². The van der Waals surface area contributed by atoms with Crippen molar-refractivity contribution in [2.24, 2.45) is 5.92 Å². The van der Waals surface area contributed by atoms with E-state index in [1.165, 1.54) is 17.1 Å². The van der Waals surface area contributed by atoms with Crippen molar-refractivity contribution in [1.29, 1.82) is 0 Å². The summed E-state index contributed by atoms with van der Waals surface area (Å²) in [5.41, 5.74) is 0.929. The van der Waals surface area contributed by atoms with Gasteiger partial charge in [-0.2, -0.15) is 9.40 Å². The summed E-state index contributed by atoms with van der Waals surface area (Å²) >= 11 is 0. The van der Waals surface area contributed by atoms with Crippen molar-refractivity contribution in [1.82, 2.24) is 14.1 Å². The molecule has 1 saturated carbocycles. The number of nitrogens with one attached hydrogen (secondary N) is 1. The molecule has 158 valence electrons. The van der Waals surface area contributed by atoms with Crippen molar-refractivity contribution in [2.75, 3.05) is 18.4 Å². The molecule has 3 rings (SSSR count). The van der Waals surface area contributed by atoms with Gasteiger partial charge in [-0.1, -0.05) is 26.0 Å². The Morgan fingerprint density at radius 3 is 2.45 bits per heavy atom. The number of benzene rings is 1. The molecule has 8 heteroatoms. The molecule has 0 aliphatic heterocycles. The van der Waals surface area contributed by atoms with Crippen LogP contribution in [0.25, 0.3) is 0 Å². The van der Waals surface area contributed by atoms with Crippen molar-refractivity contribution in [3.63, 3.8) is 0 Å². The summed E-state index contributed by atoms with van der Waals surface area (Å²) in [6, 6.07) is 8.91. The first-order valence-electron chi connectivity index (χ1n) is 10.3. The standard InChI is InChI=1S/C21H30N4O3S/c1-4-24(5-2)29(27,28)19-11-6-17(7-12-19)8-13-21(26)23-20-14-15-22-25(20)16(3)18-9-10-18/h6-7,11-12,14-16,18H,4-5,8-10,13H2,1-3H3,(H,23,26). The minimum absolute atomic E-state index is 0.0745. The molecule has 0 radical (unpaired) electrons. The zero-order valence-corrected chi connectivity index (χ0v) is 18.2. The Morgan fingerprint density at radius 1 is 1.21 bits per heavy atom. The molecule has 1 aliphatic carbocycles. The molecule has 29 heavy (non-hydrogen) atoms. The Kier molecular flexibility index (Phi) is 6.74. The molecule has 1 atom stereocenters. The highest BCUT2D eigenvalue weighted by atomic mass is 32.2. The van der Waals surface area contributed by atoms with Gasteiger partial charge in [0.25, 0.3) is 0 Å². The van der Waals surface area contributed by atoms with E-state index in [4.69, 9.17) is 0 Å². The van der Waals surface area contributed by atoms with E-state index < -0.39 is 10.0 Å². The minimum atomic E-state index is -3.45. The summed E-state index contributed by atoms with van der Waals surface area (Å²) in [5, 5.41) is 7.30.